The van der Waals surface area contributed by atoms with Crippen LogP contribution in [0.5, 0.6) is 0 Å². The highest BCUT2D eigenvalue weighted by molar-refractivity contribution is 9.10. The zero-order chi connectivity index (χ0) is 14.3. The fourth-order valence-electron chi connectivity index (χ4n) is 2.19. The van der Waals surface area contributed by atoms with E-state index in [2.05, 4.69) is 20.9 Å². The largest absolute Gasteiger partial charge is 0.322 e. The SMILES string of the molecule is O=c1cc(-c2c(Cl)cccc2Cl)c2cc(Br)ccc2[nH]1. The van der Waals surface area contributed by atoms with Crippen LogP contribution in [0.25, 0.3) is 22.0 Å². The molecule has 1 N–H and O–H groups in total. The van der Waals surface area contributed by atoms with E-state index in [4.69, 9.17) is 23.2 Å². The van der Waals surface area contributed by atoms with Crippen LogP contribution in [0.4, 0.5) is 0 Å². The molecule has 0 aliphatic carbocycles. The van der Waals surface area contributed by atoms with E-state index in [1.165, 1.54) is 6.07 Å². The summed E-state index contributed by atoms with van der Waals surface area (Å²) >= 11 is 15.9. The molecule has 1 heterocycles. The Morgan fingerprint density at radius 1 is 1.00 bits per heavy atom. The van der Waals surface area contributed by atoms with Crippen molar-refractivity contribution in [3.05, 3.63) is 67.3 Å². The van der Waals surface area contributed by atoms with E-state index < -0.39 is 0 Å². The van der Waals surface area contributed by atoms with Gasteiger partial charge in [-0.15, -0.1) is 0 Å². The van der Waals surface area contributed by atoms with Gasteiger partial charge in [-0.3, -0.25) is 4.79 Å². The first kappa shape index (κ1) is 13.7. The van der Waals surface area contributed by atoms with E-state index in [9.17, 15) is 4.79 Å². The zero-order valence-corrected chi connectivity index (χ0v) is 13.2. The first-order chi connectivity index (χ1) is 9.56. The van der Waals surface area contributed by atoms with Gasteiger partial charge >= 0.3 is 0 Å². The van der Waals surface area contributed by atoms with Gasteiger partial charge in [0.15, 0.2) is 0 Å². The number of nitrogens with one attached hydrogen (secondary N) is 1. The van der Waals surface area contributed by atoms with Crippen LogP contribution in [-0.4, -0.2) is 4.98 Å². The summed E-state index contributed by atoms with van der Waals surface area (Å²) in [5, 5.41) is 1.92. The van der Waals surface area contributed by atoms with Crippen molar-refractivity contribution in [3.8, 4) is 11.1 Å². The normalized spacial score (nSPS) is 10.9. The minimum absolute atomic E-state index is 0.189. The van der Waals surface area contributed by atoms with Gasteiger partial charge in [-0.2, -0.15) is 0 Å². The maximum Gasteiger partial charge on any atom is 0.249 e. The molecule has 0 saturated heterocycles. The van der Waals surface area contributed by atoms with E-state index >= 15 is 0 Å². The summed E-state index contributed by atoms with van der Waals surface area (Å²) in [6.45, 7) is 0. The first-order valence-corrected chi connectivity index (χ1v) is 7.38. The van der Waals surface area contributed by atoms with Gasteiger partial charge in [0.25, 0.3) is 0 Å². The number of hydrogen-bond donors (Lipinski definition) is 1. The minimum Gasteiger partial charge on any atom is -0.322 e. The van der Waals surface area contributed by atoms with Crippen LogP contribution in [0.15, 0.2) is 51.7 Å². The number of aromatic amines is 1. The molecule has 0 unspecified atom stereocenters. The molecule has 3 rings (SSSR count). The number of H-pyrrole nitrogens is 1. The lowest BCUT2D eigenvalue weighted by molar-refractivity contribution is 1.31. The molecule has 0 atom stereocenters. The van der Waals surface area contributed by atoms with E-state index in [0.717, 1.165) is 20.9 Å². The van der Waals surface area contributed by atoms with Gasteiger partial charge in [-0.1, -0.05) is 45.2 Å². The summed E-state index contributed by atoms with van der Waals surface area (Å²) in [4.78, 5) is 14.6. The van der Waals surface area contributed by atoms with Crippen LogP contribution in [0.2, 0.25) is 10.0 Å². The fraction of sp³-hybridized carbons (Fsp3) is 0. The lowest BCUT2D eigenvalue weighted by Gasteiger charge is -2.10. The van der Waals surface area contributed by atoms with Gasteiger partial charge < -0.3 is 4.98 Å². The van der Waals surface area contributed by atoms with Crippen molar-refractivity contribution in [2.45, 2.75) is 0 Å². The molecule has 0 radical (unpaired) electrons. The maximum atomic E-state index is 11.8. The van der Waals surface area contributed by atoms with Gasteiger partial charge in [0.05, 0.1) is 0 Å². The topological polar surface area (TPSA) is 32.9 Å². The zero-order valence-electron chi connectivity index (χ0n) is 10.1. The number of rotatable bonds is 1. The highest BCUT2D eigenvalue weighted by Crippen LogP contribution is 2.37. The predicted octanol–water partition coefficient (Wildman–Crippen LogP) is 5.26. The van der Waals surface area contributed by atoms with E-state index in [1.54, 1.807) is 18.2 Å². The molecule has 0 aliphatic rings. The van der Waals surface area contributed by atoms with Crippen LogP contribution >= 0.6 is 39.1 Å². The molecule has 0 fully saturated rings. The molecule has 0 saturated carbocycles. The van der Waals surface area contributed by atoms with Gasteiger partial charge in [-0.05, 0) is 35.9 Å². The second-order valence-electron chi connectivity index (χ2n) is 4.33. The number of benzene rings is 2. The smallest absolute Gasteiger partial charge is 0.249 e. The van der Waals surface area contributed by atoms with Crippen molar-refractivity contribution in [2.24, 2.45) is 0 Å². The quantitative estimate of drug-likeness (QED) is 0.623. The Kier molecular flexibility index (Phi) is 3.59. The molecule has 2 nitrogen and oxygen atoms in total. The molecule has 0 aliphatic heterocycles. The van der Waals surface area contributed by atoms with E-state index in [-0.39, 0.29) is 5.56 Å². The number of fused-ring (bicyclic) bond motifs is 1. The third-order valence-electron chi connectivity index (χ3n) is 3.04. The monoisotopic (exact) mass is 367 g/mol. The van der Waals surface area contributed by atoms with Crippen molar-refractivity contribution >= 4 is 50.0 Å². The molecule has 0 bridgehead atoms. The van der Waals surface area contributed by atoms with Crippen molar-refractivity contribution in [1.29, 1.82) is 0 Å². The first-order valence-electron chi connectivity index (χ1n) is 5.83. The fourth-order valence-corrected chi connectivity index (χ4v) is 3.15. The van der Waals surface area contributed by atoms with Crippen molar-refractivity contribution in [3.63, 3.8) is 0 Å². The lowest BCUT2D eigenvalue weighted by Crippen LogP contribution is -2.05. The van der Waals surface area contributed by atoms with Gasteiger partial charge in [-0.25, -0.2) is 0 Å². The standard InChI is InChI=1S/C15H8BrCl2NO/c16-8-4-5-13-9(6-8)10(7-14(20)19-13)15-11(17)2-1-3-12(15)18/h1-7H,(H,19,20). The lowest BCUT2D eigenvalue weighted by atomic mass is 10.0. The third-order valence-corrected chi connectivity index (χ3v) is 4.16. The summed E-state index contributed by atoms with van der Waals surface area (Å²) in [6, 6.07) is 12.5. The minimum atomic E-state index is -0.189. The molecule has 5 heteroatoms. The summed E-state index contributed by atoms with van der Waals surface area (Å²) in [5.41, 5.74) is 1.95. The maximum absolute atomic E-state index is 11.8. The molecule has 3 aromatic rings. The van der Waals surface area contributed by atoms with Crippen molar-refractivity contribution < 1.29 is 0 Å². The van der Waals surface area contributed by atoms with Crippen LogP contribution in [0.3, 0.4) is 0 Å². The van der Waals surface area contributed by atoms with Crippen LogP contribution < -0.4 is 5.56 Å². The Hall–Kier alpha value is -1.29. The van der Waals surface area contributed by atoms with Crippen molar-refractivity contribution in [2.75, 3.05) is 0 Å². The molecule has 1 aromatic heterocycles. The van der Waals surface area contributed by atoms with Crippen LogP contribution in [-0.2, 0) is 0 Å². The summed E-state index contributed by atoms with van der Waals surface area (Å²) in [7, 11) is 0. The number of pyridine rings is 1. The average Bonchev–Trinajstić information content (AvgIpc) is 2.39. The number of hydrogen-bond acceptors (Lipinski definition) is 1. The van der Waals surface area contributed by atoms with Gasteiger partial charge in [0.1, 0.15) is 0 Å². The van der Waals surface area contributed by atoms with E-state index in [0.29, 0.717) is 15.6 Å². The Balaban J connectivity index is 2.47. The Bertz CT molecular complexity index is 853. The van der Waals surface area contributed by atoms with Crippen molar-refractivity contribution in [1.82, 2.24) is 4.98 Å². The molecule has 0 spiro atoms. The highest BCUT2D eigenvalue weighted by Gasteiger charge is 2.13. The molecule has 20 heavy (non-hydrogen) atoms. The highest BCUT2D eigenvalue weighted by atomic mass is 79.9. The molecule has 2 aromatic carbocycles. The molecular weight excluding hydrogens is 361 g/mol. The Morgan fingerprint density at radius 2 is 1.70 bits per heavy atom. The average molecular weight is 369 g/mol. The van der Waals surface area contributed by atoms with E-state index in [1.807, 2.05) is 18.2 Å². The summed E-state index contributed by atoms with van der Waals surface area (Å²) in [5.74, 6) is 0. The van der Waals surface area contributed by atoms with Gasteiger partial charge in [0.2, 0.25) is 5.56 Å². The number of halogens is 3. The molecular formula is C15H8BrCl2NO. The summed E-state index contributed by atoms with van der Waals surface area (Å²) < 4.78 is 0.918. The molecule has 100 valence electrons. The Labute approximate surface area is 133 Å². The van der Waals surface area contributed by atoms with Gasteiger partial charge in [0, 0.05) is 37.1 Å². The van der Waals surface area contributed by atoms with Crippen LogP contribution in [0.1, 0.15) is 0 Å². The summed E-state index contributed by atoms with van der Waals surface area (Å²) in [6.07, 6.45) is 0. The molecule has 0 amide bonds. The second-order valence-corrected chi connectivity index (χ2v) is 6.06. The predicted molar refractivity (Wildman–Crippen MR) is 87.7 cm³/mol. The number of aromatic nitrogens is 1. The third kappa shape index (κ3) is 2.37. The Morgan fingerprint density at radius 3 is 2.40 bits per heavy atom. The van der Waals surface area contributed by atoms with Crippen LogP contribution in [0, 0.1) is 0 Å². The second kappa shape index (κ2) is 5.24.